The van der Waals surface area contributed by atoms with Crippen LogP contribution in [0.5, 0.6) is 0 Å². The summed E-state index contributed by atoms with van der Waals surface area (Å²) in [6.07, 6.45) is 5.75. The predicted molar refractivity (Wildman–Crippen MR) is 98.6 cm³/mol. The van der Waals surface area contributed by atoms with E-state index in [0.717, 1.165) is 24.9 Å². The van der Waals surface area contributed by atoms with Gasteiger partial charge in [0.1, 0.15) is 11.4 Å². The molecule has 0 saturated carbocycles. The molecule has 2 aliphatic heterocycles. The quantitative estimate of drug-likeness (QED) is 0.875. The van der Waals surface area contributed by atoms with Crippen LogP contribution in [0.1, 0.15) is 18.4 Å². The summed E-state index contributed by atoms with van der Waals surface area (Å²) < 4.78 is 19.1. The summed E-state index contributed by atoms with van der Waals surface area (Å²) in [6, 6.07) is 7.89. The number of hydrogen-bond donors (Lipinski definition) is 1. The van der Waals surface area contributed by atoms with Crippen molar-refractivity contribution in [2.75, 3.05) is 31.6 Å². The molecule has 1 aromatic carbocycles. The molecule has 1 aromatic heterocycles. The number of hydrogen-bond acceptors (Lipinski definition) is 5. The highest BCUT2D eigenvalue weighted by molar-refractivity contribution is 5.79. The maximum atomic E-state index is 13.0. The van der Waals surface area contributed by atoms with Gasteiger partial charge in [0.05, 0.1) is 26.1 Å². The lowest BCUT2D eigenvalue weighted by molar-refractivity contribution is -0.187. The standard InChI is InChI=1S/C20H23FN4O2/c21-17-4-2-15(3-5-17)10-18(26)25-13-20(14-25)7-6-16(12-27-20)11-24-19-22-8-1-9-23-19/h1-5,8-9,16H,6-7,10-14H2,(H,22,23,24). The second-order valence-electron chi connectivity index (χ2n) is 7.41. The molecule has 1 atom stereocenters. The molecule has 1 spiro atoms. The average Bonchev–Trinajstić information content (AvgIpc) is 2.67. The van der Waals surface area contributed by atoms with Gasteiger partial charge in [0.25, 0.3) is 0 Å². The van der Waals surface area contributed by atoms with E-state index < -0.39 is 0 Å². The van der Waals surface area contributed by atoms with Crippen LogP contribution < -0.4 is 5.32 Å². The van der Waals surface area contributed by atoms with Crippen LogP contribution in [0.4, 0.5) is 10.3 Å². The Labute approximate surface area is 157 Å². The number of nitrogens with one attached hydrogen (secondary N) is 1. The van der Waals surface area contributed by atoms with Crippen LogP contribution in [0.3, 0.4) is 0 Å². The van der Waals surface area contributed by atoms with E-state index in [4.69, 9.17) is 4.74 Å². The first kappa shape index (κ1) is 17.9. The smallest absolute Gasteiger partial charge is 0.227 e. The number of carbonyl (C=O) groups is 1. The molecule has 27 heavy (non-hydrogen) atoms. The summed E-state index contributed by atoms with van der Waals surface area (Å²) in [7, 11) is 0. The van der Waals surface area contributed by atoms with Crippen molar-refractivity contribution in [3.8, 4) is 0 Å². The molecule has 0 aliphatic carbocycles. The lowest BCUT2D eigenvalue weighted by atomic mass is 9.82. The summed E-state index contributed by atoms with van der Waals surface area (Å²) in [6.45, 7) is 2.76. The zero-order valence-electron chi connectivity index (χ0n) is 15.1. The third-order valence-electron chi connectivity index (χ3n) is 5.33. The van der Waals surface area contributed by atoms with Crippen LogP contribution in [0.25, 0.3) is 0 Å². The van der Waals surface area contributed by atoms with Crippen LogP contribution in [0.2, 0.25) is 0 Å². The number of anilines is 1. The number of aromatic nitrogens is 2. The van der Waals surface area contributed by atoms with Crippen LogP contribution in [0.15, 0.2) is 42.7 Å². The van der Waals surface area contributed by atoms with Crippen molar-refractivity contribution in [2.45, 2.75) is 24.9 Å². The van der Waals surface area contributed by atoms with E-state index >= 15 is 0 Å². The average molecular weight is 370 g/mol. The first-order valence-electron chi connectivity index (χ1n) is 9.29. The number of rotatable bonds is 5. The van der Waals surface area contributed by atoms with Crippen LogP contribution in [-0.2, 0) is 16.0 Å². The van der Waals surface area contributed by atoms with Crippen molar-refractivity contribution in [1.29, 1.82) is 0 Å². The number of amides is 1. The Hall–Kier alpha value is -2.54. The van der Waals surface area contributed by atoms with Gasteiger partial charge in [0, 0.05) is 18.9 Å². The second kappa shape index (κ2) is 7.60. The number of ether oxygens (including phenoxy) is 1. The summed E-state index contributed by atoms with van der Waals surface area (Å²) in [4.78, 5) is 22.5. The molecule has 0 bridgehead atoms. The van der Waals surface area contributed by atoms with Gasteiger partial charge in [-0.25, -0.2) is 14.4 Å². The van der Waals surface area contributed by atoms with Gasteiger partial charge in [-0.1, -0.05) is 12.1 Å². The van der Waals surface area contributed by atoms with Crippen LogP contribution >= 0.6 is 0 Å². The summed E-state index contributed by atoms with van der Waals surface area (Å²) in [5.41, 5.74) is 0.652. The molecule has 1 unspecified atom stereocenters. The fraction of sp³-hybridized carbons (Fsp3) is 0.450. The molecular formula is C20H23FN4O2. The molecule has 3 heterocycles. The lowest BCUT2D eigenvalue weighted by Gasteiger charge is -2.52. The lowest BCUT2D eigenvalue weighted by Crippen LogP contribution is -2.66. The molecule has 1 amide bonds. The van der Waals surface area contributed by atoms with E-state index in [-0.39, 0.29) is 17.3 Å². The summed E-state index contributed by atoms with van der Waals surface area (Å²) in [5, 5.41) is 3.24. The SMILES string of the molecule is O=C(Cc1ccc(F)cc1)N1CC2(CCC(CNc3ncccn3)CO2)C1. The highest BCUT2D eigenvalue weighted by atomic mass is 19.1. The van der Waals surface area contributed by atoms with Crippen molar-refractivity contribution >= 4 is 11.9 Å². The highest BCUT2D eigenvalue weighted by Crippen LogP contribution is 2.36. The van der Waals surface area contributed by atoms with E-state index in [1.54, 1.807) is 30.6 Å². The Kier molecular flexibility index (Phi) is 5.03. The van der Waals surface area contributed by atoms with Gasteiger partial charge >= 0.3 is 0 Å². The molecule has 2 aliphatic rings. The third kappa shape index (κ3) is 4.24. The monoisotopic (exact) mass is 370 g/mol. The van der Waals surface area contributed by atoms with Gasteiger partial charge < -0.3 is 15.0 Å². The zero-order valence-corrected chi connectivity index (χ0v) is 15.1. The van der Waals surface area contributed by atoms with E-state index in [9.17, 15) is 9.18 Å². The molecule has 4 rings (SSSR count). The highest BCUT2D eigenvalue weighted by Gasteiger charge is 2.48. The van der Waals surface area contributed by atoms with E-state index in [1.807, 2.05) is 4.90 Å². The number of nitrogens with zero attached hydrogens (tertiary/aromatic N) is 3. The van der Waals surface area contributed by atoms with Crippen molar-refractivity contribution in [3.05, 3.63) is 54.1 Å². The Morgan fingerprint density at radius 1 is 1.26 bits per heavy atom. The van der Waals surface area contributed by atoms with Crippen molar-refractivity contribution in [1.82, 2.24) is 14.9 Å². The molecule has 142 valence electrons. The Bertz CT molecular complexity index is 768. The van der Waals surface area contributed by atoms with Gasteiger partial charge in [0.15, 0.2) is 0 Å². The van der Waals surface area contributed by atoms with E-state index in [0.29, 0.717) is 38.0 Å². The van der Waals surface area contributed by atoms with Crippen molar-refractivity contribution < 1.29 is 13.9 Å². The van der Waals surface area contributed by atoms with Crippen molar-refractivity contribution in [2.24, 2.45) is 5.92 Å². The normalized spacial score (nSPS) is 20.9. The van der Waals surface area contributed by atoms with E-state index in [2.05, 4.69) is 15.3 Å². The molecule has 7 heteroatoms. The number of likely N-dealkylation sites (tertiary alicyclic amines) is 1. The largest absolute Gasteiger partial charge is 0.371 e. The number of benzene rings is 1. The topological polar surface area (TPSA) is 67.4 Å². The van der Waals surface area contributed by atoms with Gasteiger partial charge in [-0.05, 0) is 42.5 Å². The number of carbonyl (C=O) groups excluding carboxylic acids is 1. The molecule has 6 nitrogen and oxygen atoms in total. The molecule has 2 saturated heterocycles. The summed E-state index contributed by atoms with van der Waals surface area (Å²) in [5.74, 6) is 0.843. The minimum absolute atomic E-state index is 0.0702. The van der Waals surface area contributed by atoms with Gasteiger partial charge in [0.2, 0.25) is 11.9 Å². The fourth-order valence-corrected chi connectivity index (χ4v) is 3.67. The first-order valence-corrected chi connectivity index (χ1v) is 9.29. The molecule has 2 fully saturated rings. The molecule has 2 aromatic rings. The second-order valence-corrected chi connectivity index (χ2v) is 7.41. The molecular weight excluding hydrogens is 347 g/mol. The minimum Gasteiger partial charge on any atom is -0.371 e. The predicted octanol–water partition coefficient (Wildman–Crippen LogP) is 2.28. The Morgan fingerprint density at radius 2 is 2.00 bits per heavy atom. The van der Waals surface area contributed by atoms with Gasteiger partial charge in [-0.3, -0.25) is 4.79 Å². The third-order valence-corrected chi connectivity index (χ3v) is 5.33. The van der Waals surface area contributed by atoms with Crippen LogP contribution in [0, 0.1) is 11.7 Å². The minimum atomic E-state index is -0.285. The van der Waals surface area contributed by atoms with Gasteiger partial charge in [-0.15, -0.1) is 0 Å². The molecule has 0 radical (unpaired) electrons. The number of halogens is 1. The fourth-order valence-electron chi connectivity index (χ4n) is 3.67. The molecule has 1 N–H and O–H groups in total. The van der Waals surface area contributed by atoms with E-state index in [1.165, 1.54) is 12.1 Å². The van der Waals surface area contributed by atoms with Crippen molar-refractivity contribution in [3.63, 3.8) is 0 Å². The summed E-state index contributed by atoms with van der Waals surface area (Å²) >= 11 is 0. The van der Waals surface area contributed by atoms with Crippen LogP contribution in [-0.4, -0.2) is 52.6 Å². The zero-order chi connectivity index (χ0) is 18.7. The van der Waals surface area contributed by atoms with Gasteiger partial charge in [-0.2, -0.15) is 0 Å². The first-order chi connectivity index (χ1) is 13.1. The Balaban J connectivity index is 1.20. The Morgan fingerprint density at radius 3 is 2.67 bits per heavy atom. The maximum absolute atomic E-state index is 13.0. The maximum Gasteiger partial charge on any atom is 0.227 e.